The first kappa shape index (κ1) is 27.0. The number of sulfone groups is 1. The first-order valence-electron chi connectivity index (χ1n) is 9.56. The third-order valence-corrected chi connectivity index (χ3v) is 4.82. The molecule has 0 amide bonds. The van der Waals surface area contributed by atoms with Crippen LogP contribution in [0.4, 0.5) is 0 Å². The number of nitrogens with one attached hydrogen (secondary N) is 2. The standard InChI is InChI=1S/C20H35N3O3S.HI/c1-7-21-20(22-10-11-27(6,24)25)23-14-18-9-8-16(4)13-19(18)26-17(5)12-15(2)3;/h8-9,13,15,17H,7,10-12,14H2,1-6H3,(H2,21,22,23);1H. The maximum Gasteiger partial charge on any atom is 0.191 e. The van der Waals surface area contributed by atoms with Crippen molar-refractivity contribution in [2.45, 2.75) is 53.7 Å². The summed E-state index contributed by atoms with van der Waals surface area (Å²) in [5.41, 5.74) is 2.16. The summed E-state index contributed by atoms with van der Waals surface area (Å²) in [4.78, 5) is 4.58. The molecule has 0 radical (unpaired) electrons. The maximum atomic E-state index is 11.3. The molecule has 0 bridgehead atoms. The van der Waals surface area contributed by atoms with Gasteiger partial charge in [0, 0.05) is 24.9 Å². The molecule has 6 nitrogen and oxygen atoms in total. The highest BCUT2D eigenvalue weighted by Gasteiger charge is 2.11. The van der Waals surface area contributed by atoms with Gasteiger partial charge < -0.3 is 15.4 Å². The van der Waals surface area contributed by atoms with Crippen LogP contribution < -0.4 is 15.4 Å². The highest BCUT2D eigenvalue weighted by Crippen LogP contribution is 2.24. The predicted molar refractivity (Wildman–Crippen MR) is 129 cm³/mol. The third kappa shape index (κ3) is 11.7. The molecule has 0 aliphatic heterocycles. The number of hydrogen-bond donors (Lipinski definition) is 2. The zero-order valence-electron chi connectivity index (χ0n) is 17.9. The molecule has 0 fully saturated rings. The highest BCUT2D eigenvalue weighted by atomic mass is 127. The summed E-state index contributed by atoms with van der Waals surface area (Å²) in [5.74, 6) is 2.11. The van der Waals surface area contributed by atoms with E-state index in [1.54, 1.807) is 0 Å². The van der Waals surface area contributed by atoms with E-state index in [1.807, 2.05) is 26.0 Å². The molecule has 8 heteroatoms. The zero-order valence-corrected chi connectivity index (χ0v) is 21.1. The molecule has 0 spiro atoms. The van der Waals surface area contributed by atoms with Crippen molar-refractivity contribution in [3.05, 3.63) is 29.3 Å². The fraction of sp³-hybridized carbons (Fsp3) is 0.650. The van der Waals surface area contributed by atoms with Gasteiger partial charge in [0.2, 0.25) is 0 Å². The van der Waals surface area contributed by atoms with Gasteiger partial charge in [0.15, 0.2) is 5.96 Å². The second-order valence-electron chi connectivity index (χ2n) is 7.42. The van der Waals surface area contributed by atoms with Crippen LogP contribution in [0.2, 0.25) is 0 Å². The van der Waals surface area contributed by atoms with Gasteiger partial charge in [-0.25, -0.2) is 13.4 Å². The van der Waals surface area contributed by atoms with Gasteiger partial charge in [-0.3, -0.25) is 0 Å². The Labute approximate surface area is 187 Å². The maximum absolute atomic E-state index is 11.3. The van der Waals surface area contributed by atoms with Crippen molar-refractivity contribution in [3.63, 3.8) is 0 Å². The van der Waals surface area contributed by atoms with E-state index in [9.17, 15) is 8.42 Å². The average molecular weight is 525 g/mol. The largest absolute Gasteiger partial charge is 0.490 e. The van der Waals surface area contributed by atoms with Crippen LogP contribution in [-0.4, -0.2) is 45.6 Å². The summed E-state index contributed by atoms with van der Waals surface area (Å²) in [6.45, 7) is 12.0. The zero-order chi connectivity index (χ0) is 20.4. The van der Waals surface area contributed by atoms with Crippen molar-refractivity contribution in [2.24, 2.45) is 10.9 Å². The summed E-state index contributed by atoms with van der Waals surface area (Å²) in [6, 6.07) is 6.14. The molecule has 2 N–H and O–H groups in total. The third-order valence-electron chi connectivity index (χ3n) is 3.87. The van der Waals surface area contributed by atoms with Crippen LogP contribution in [0.3, 0.4) is 0 Å². The molecular formula is C20H36IN3O3S. The van der Waals surface area contributed by atoms with Crippen molar-refractivity contribution in [1.82, 2.24) is 10.6 Å². The summed E-state index contributed by atoms with van der Waals surface area (Å²) in [5, 5.41) is 6.20. The normalized spacial score (nSPS) is 13.0. The topological polar surface area (TPSA) is 79.8 Å². The Morgan fingerprint density at radius 2 is 1.89 bits per heavy atom. The minimum atomic E-state index is -3.00. The van der Waals surface area contributed by atoms with E-state index >= 15 is 0 Å². The van der Waals surface area contributed by atoms with Gasteiger partial charge in [-0.2, -0.15) is 0 Å². The highest BCUT2D eigenvalue weighted by molar-refractivity contribution is 14.0. The Hall–Kier alpha value is -1.03. The van der Waals surface area contributed by atoms with Crippen LogP contribution in [-0.2, 0) is 16.4 Å². The lowest BCUT2D eigenvalue weighted by molar-refractivity contribution is 0.191. The predicted octanol–water partition coefficient (Wildman–Crippen LogP) is 3.53. The van der Waals surface area contributed by atoms with Gasteiger partial charge in [0.05, 0.1) is 18.4 Å². The van der Waals surface area contributed by atoms with Crippen molar-refractivity contribution >= 4 is 39.8 Å². The molecule has 0 heterocycles. The molecule has 1 atom stereocenters. The fourth-order valence-electron chi connectivity index (χ4n) is 2.69. The minimum Gasteiger partial charge on any atom is -0.490 e. The van der Waals surface area contributed by atoms with Crippen LogP contribution in [0.15, 0.2) is 23.2 Å². The molecule has 162 valence electrons. The van der Waals surface area contributed by atoms with E-state index in [-0.39, 0.29) is 35.8 Å². The second-order valence-corrected chi connectivity index (χ2v) is 9.68. The molecule has 0 saturated heterocycles. The van der Waals surface area contributed by atoms with Gasteiger partial charge in [-0.1, -0.05) is 26.0 Å². The summed E-state index contributed by atoms with van der Waals surface area (Å²) < 4.78 is 28.7. The van der Waals surface area contributed by atoms with E-state index in [0.717, 1.165) is 23.3 Å². The summed E-state index contributed by atoms with van der Waals surface area (Å²) in [6.07, 6.45) is 2.36. The molecule has 0 aromatic heterocycles. The number of nitrogens with zero attached hydrogens (tertiary/aromatic N) is 1. The number of benzene rings is 1. The molecule has 1 aromatic carbocycles. The van der Waals surface area contributed by atoms with E-state index in [4.69, 9.17) is 4.74 Å². The van der Waals surface area contributed by atoms with Gasteiger partial charge in [-0.05, 0) is 44.7 Å². The number of guanidine groups is 1. The summed E-state index contributed by atoms with van der Waals surface area (Å²) >= 11 is 0. The van der Waals surface area contributed by atoms with Crippen molar-refractivity contribution in [1.29, 1.82) is 0 Å². The van der Waals surface area contributed by atoms with Crippen molar-refractivity contribution in [3.8, 4) is 5.75 Å². The molecule has 1 rings (SSSR count). The molecule has 0 aliphatic carbocycles. The number of aryl methyl sites for hydroxylation is 1. The molecule has 1 aromatic rings. The summed E-state index contributed by atoms with van der Waals surface area (Å²) in [7, 11) is -3.00. The molecule has 0 aliphatic rings. The van der Waals surface area contributed by atoms with Crippen molar-refractivity contribution in [2.75, 3.05) is 25.1 Å². The first-order chi connectivity index (χ1) is 12.6. The lowest BCUT2D eigenvalue weighted by Crippen LogP contribution is -2.39. The lowest BCUT2D eigenvalue weighted by Gasteiger charge is -2.19. The molecule has 1 unspecified atom stereocenters. The number of hydrogen-bond acceptors (Lipinski definition) is 4. The van der Waals surface area contributed by atoms with Gasteiger partial charge in [0.25, 0.3) is 0 Å². The monoisotopic (exact) mass is 525 g/mol. The van der Waals surface area contributed by atoms with Gasteiger partial charge in [-0.15, -0.1) is 24.0 Å². The molecule has 28 heavy (non-hydrogen) atoms. The Morgan fingerprint density at radius 3 is 2.46 bits per heavy atom. The van der Waals surface area contributed by atoms with E-state index in [2.05, 4.69) is 42.5 Å². The quantitative estimate of drug-likeness (QED) is 0.278. The SMILES string of the molecule is CCNC(=NCc1ccc(C)cc1OC(C)CC(C)C)NCCS(C)(=O)=O.I. The van der Waals surface area contributed by atoms with E-state index in [0.29, 0.717) is 31.5 Å². The Balaban J connectivity index is 0.00000729. The number of aliphatic imine (C=N–C) groups is 1. The van der Waals surface area contributed by atoms with Crippen LogP contribution in [0.1, 0.15) is 45.2 Å². The van der Waals surface area contributed by atoms with Crippen LogP contribution in [0.25, 0.3) is 0 Å². The van der Waals surface area contributed by atoms with E-state index < -0.39 is 9.84 Å². The first-order valence-corrected chi connectivity index (χ1v) is 11.6. The number of ether oxygens (including phenoxy) is 1. The Kier molecular flexibility index (Phi) is 12.8. The minimum absolute atomic E-state index is 0. The van der Waals surface area contributed by atoms with Crippen molar-refractivity contribution < 1.29 is 13.2 Å². The van der Waals surface area contributed by atoms with Crippen LogP contribution >= 0.6 is 24.0 Å². The van der Waals surface area contributed by atoms with Crippen LogP contribution in [0, 0.1) is 12.8 Å². The van der Waals surface area contributed by atoms with Gasteiger partial charge in [0.1, 0.15) is 15.6 Å². The van der Waals surface area contributed by atoms with E-state index in [1.165, 1.54) is 6.26 Å². The number of halogens is 1. The Morgan fingerprint density at radius 1 is 1.21 bits per heavy atom. The number of rotatable bonds is 10. The Bertz CT molecular complexity index is 721. The second kappa shape index (κ2) is 13.2. The fourth-order valence-corrected chi connectivity index (χ4v) is 3.16. The molecule has 0 saturated carbocycles. The van der Waals surface area contributed by atoms with Gasteiger partial charge >= 0.3 is 0 Å². The lowest BCUT2D eigenvalue weighted by atomic mass is 10.1. The average Bonchev–Trinajstić information content (AvgIpc) is 2.51. The van der Waals surface area contributed by atoms with Crippen LogP contribution in [0.5, 0.6) is 5.75 Å². The smallest absolute Gasteiger partial charge is 0.191 e. The molecular weight excluding hydrogens is 489 g/mol.